The van der Waals surface area contributed by atoms with E-state index in [9.17, 15) is 4.79 Å². The summed E-state index contributed by atoms with van der Waals surface area (Å²) >= 11 is 7.19. The number of carbonyl (C=O) groups is 1. The third-order valence-corrected chi connectivity index (χ3v) is 11.1. The summed E-state index contributed by atoms with van der Waals surface area (Å²) in [6.07, 6.45) is 7.09. The van der Waals surface area contributed by atoms with Crippen LogP contribution in [0.4, 0.5) is 16.4 Å². The summed E-state index contributed by atoms with van der Waals surface area (Å²) in [6.45, 7) is 15.0. The van der Waals surface area contributed by atoms with Crippen molar-refractivity contribution in [2.24, 2.45) is 5.41 Å². The van der Waals surface area contributed by atoms with E-state index < -0.39 is 11.7 Å². The normalized spacial score (nSPS) is 21.3. The first-order chi connectivity index (χ1) is 25.9. The molecule has 54 heavy (non-hydrogen) atoms. The van der Waals surface area contributed by atoms with Gasteiger partial charge in [-0.1, -0.05) is 30.3 Å². The molecule has 3 aliphatic rings. The van der Waals surface area contributed by atoms with Crippen LogP contribution in [-0.2, 0) is 20.8 Å². The Bertz CT molecular complexity index is 1980. The third-order valence-electron chi connectivity index (χ3n) is 10.7. The molecule has 3 atom stereocenters. The van der Waals surface area contributed by atoms with Gasteiger partial charge in [-0.15, -0.1) is 0 Å². The van der Waals surface area contributed by atoms with Gasteiger partial charge in [-0.2, -0.15) is 5.10 Å². The molecule has 3 aromatic heterocycles. The number of anilines is 2. The van der Waals surface area contributed by atoms with Crippen LogP contribution in [0.2, 0.25) is 5.02 Å². The molecule has 1 N–H and O–H groups in total. The Morgan fingerprint density at radius 3 is 2.57 bits per heavy atom. The van der Waals surface area contributed by atoms with Crippen molar-refractivity contribution in [2.45, 2.75) is 90.3 Å². The molecule has 1 spiro atoms. The third kappa shape index (κ3) is 7.58. The Hall–Kier alpha value is -4.46. The van der Waals surface area contributed by atoms with Gasteiger partial charge in [-0.25, -0.2) is 24.4 Å². The number of rotatable bonds is 9. The first-order valence-electron chi connectivity index (χ1n) is 18.8. The minimum atomic E-state index is -0.587. The van der Waals surface area contributed by atoms with E-state index in [1.807, 2.05) is 74.7 Å². The Morgan fingerprint density at radius 1 is 1.15 bits per heavy atom. The summed E-state index contributed by atoms with van der Waals surface area (Å²) in [5.41, 5.74) is 3.50. The van der Waals surface area contributed by atoms with Gasteiger partial charge in [-0.3, -0.25) is 0 Å². The molecule has 3 saturated heterocycles. The Labute approximate surface area is 322 Å². The van der Waals surface area contributed by atoms with Crippen LogP contribution in [0, 0.1) is 5.41 Å². The summed E-state index contributed by atoms with van der Waals surface area (Å²) in [4.78, 5) is 32.3. The minimum Gasteiger partial charge on any atom is -0.497 e. The highest BCUT2D eigenvalue weighted by Crippen LogP contribution is 2.44. The number of halogens is 1. The first-order valence-corrected chi connectivity index (χ1v) is 19.2. The number of amides is 1. The maximum atomic E-state index is 12.8. The van der Waals surface area contributed by atoms with Gasteiger partial charge in [0.2, 0.25) is 0 Å². The number of pyridine rings is 1. The molecule has 0 bridgehead atoms. The van der Waals surface area contributed by atoms with Crippen LogP contribution >= 0.6 is 11.6 Å². The van der Waals surface area contributed by atoms with Crippen LogP contribution < -0.4 is 19.9 Å². The molecule has 0 aliphatic carbocycles. The van der Waals surface area contributed by atoms with Crippen LogP contribution in [-0.4, -0.2) is 89.0 Å². The lowest BCUT2D eigenvalue weighted by atomic mass is 9.73. The SMILES string of the molecule is C=Cc1nc2c(-c3ccnc(N(C)Cc4ccc(OC)cc4)c3Cl)nn(C3CCCCO3)c2nc1N1CCC2(CC1)CO[C@@H](C)[C@H]2NC(=O)OC(C)(C)C. The summed E-state index contributed by atoms with van der Waals surface area (Å²) in [7, 11) is 3.62. The highest BCUT2D eigenvalue weighted by molar-refractivity contribution is 6.36. The van der Waals surface area contributed by atoms with E-state index in [-0.39, 0.29) is 23.8 Å². The number of piperidine rings is 1. The molecule has 4 aromatic rings. The van der Waals surface area contributed by atoms with Crippen molar-refractivity contribution in [1.29, 1.82) is 0 Å². The number of benzene rings is 1. The van der Waals surface area contributed by atoms with Crippen LogP contribution in [0.1, 0.15) is 77.3 Å². The average molecular weight is 759 g/mol. The van der Waals surface area contributed by atoms with E-state index in [1.165, 1.54) is 0 Å². The van der Waals surface area contributed by atoms with Crippen molar-refractivity contribution in [2.75, 3.05) is 50.3 Å². The summed E-state index contributed by atoms with van der Waals surface area (Å²) in [6, 6.07) is 9.65. The highest BCUT2D eigenvalue weighted by atomic mass is 35.5. The van der Waals surface area contributed by atoms with E-state index in [1.54, 1.807) is 19.4 Å². The second kappa shape index (κ2) is 15.3. The fraction of sp³-hybridized carbons (Fsp3) is 0.525. The largest absolute Gasteiger partial charge is 0.497 e. The predicted octanol–water partition coefficient (Wildman–Crippen LogP) is 7.43. The summed E-state index contributed by atoms with van der Waals surface area (Å²) < 4.78 is 25.2. The molecule has 0 saturated carbocycles. The molecule has 288 valence electrons. The van der Waals surface area contributed by atoms with Crippen molar-refractivity contribution in [3.63, 3.8) is 0 Å². The van der Waals surface area contributed by atoms with Gasteiger partial charge in [0.25, 0.3) is 0 Å². The quantitative estimate of drug-likeness (QED) is 0.183. The first kappa shape index (κ1) is 37.8. The molecule has 3 fully saturated rings. The lowest BCUT2D eigenvalue weighted by Crippen LogP contribution is -2.55. The van der Waals surface area contributed by atoms with Gasteiger partial charge in [0, 0.05) is 50.5 Å². The van der Waals surface area contributed by atoms with E-state index in [4.69, 9.17) is 45.6 Å². The zero-order valence-corrected chi connectivity index (χ0v) is 32.9. The van der Waals surface area contributed by atoms with E-state index in [2.05, 4.69) is 21.8 Å². The summed E-state index contributed by atoms with van der Waals surface area (Å²) in [5.74, 6) is 2.16. The van der Waals surface area contributed by atoms with Crippen LogP contribution in [0.5, 0.6) is 5.75 Å². The Morgan fingerprint density at radius 2 is 1.91 bits per heavy atom. The molecule has 13 nitrogen and oxygen atoms in total. The van der Waals surface area contributed by atoms with E-state index in [0.717, 1.165) is 49.2 Å². The van der Waals surface area contributed by atoms with Gasteiger partial charge >= 0.3 is 6.09 Å². The smallest absolute Gasteiger partial charge is 0.407 e. The maximum Gasteiger partial charge on any atom is 0.407 e. The number of aromatic nitrogens is 5. The van der Waals surface area contributed by atoms with Crippen molar-refractivity contribution in [3.8, 4) is 17.0 Å². The number of fused-ring (bicyclic) bond motifs is 1. The molecule has 1 aromatic carbocycles. The predicted molar refractivity (Wildman–Crippen MR) is 210 cm³/mol. The highest BCUT2D eigenvalue weighted by Gasteiger charge is 2.51. The fourth-order valence-electron chi connectivity index (χ4n) is 7.89. The van der Waals surface area contributed by atoms with Crippen molar-refractivity contribution < 1.29 is 23.7 Å². The molecule has 7 rings (SSSR count). The van der Waals surface area contributed by atoms with Crippen molar-refractivity contribution in [3.05, 3.63) is 59.4 Å². The molecular weight excluding hydrogens is 708 g/mol. The van der Waals surface area contributed by atoms with Crippen LogP contribution in [0.25, 0.3) is 28.5 Å². The lowest BCUT2D eigenvalue weighted by Gasteiger charge is -2.43. The molecule has 3 aliphatic heterocycles. The number of methoxy groups -OCH3 is 1. The van der Waals surface area contributed by atoms with Crippen LogP contribution in [0.3, 0.4) is 0 Å². The summed E-state index contributed by atoms with van der Waals surface area (Å²) in [5, 5.41) is 8.75. The Balaban J connectivity index is 1.20. The van der Waals surface area contributed by atoms with Crippen molar-refractivity contribution >= 4 is 46.6 Å². The second-order valence-electron chi connectivity index (χ2n) is 15.6. The number of carbonyl (C=O) groups excluding carboxylic acids is 1. The molecule has 6 heterocycles. The monoisotopic (exact) mass is 758 g/mol. The zero-order chi connectivity index (χ0) is 38.2. The van der Waals surface area contributed by atoms with Crippen molar-refractivity contribution in [1.82, 2.24) is 30.0 Å². The average Bonchev–Trinajstić information content (AvgIpc) is 3.67. The fourth-order valence-corrected chi connectivity index (χ4v) is 8.23. The topological polar surface area (TPSA) is 129 Å². The lowest BCUT2D eigenvalue weighted by molar-refractivity contribution is -0.0368. The zero-order valence-electron chi connectivity index (χ0n) is 32.1. The molecule has 1 unspecified atom stereocenters. The maximum absolute atomic E-state index is 12.8. The van der Waals surface area contributed by atoms with E-state index in [0.29, 0.717) is 71.8 Å². The van der Waals surface area contributed by atoms with Gasteiger partial charge in [0.1, 0.15) is 34.1 Å². The number of nitrogens with zero attached hydrogens (tertiary/aromatic N) is 7. The van der Waals surface area contributed by atoms with Gasteiger partial charge < -0.3 is 34.1 Å². The number of hydrogen-bond acceptors (Lipinski definition) is 11. The second-order valence-corrected chi connectivity index (χ2v) is 16.0. The van der Waals surface area contributed by atoms with Gasteiger partial charge in [-0.05, 0) is 89.6 Å². The minimum absolute atomic E-state index is 0.130. The molecule has 14 heteroatoms. The standard InChI is InChI=1S/C40H51ClN8O5/c1-8-29-35(48-20-17-40(18-21-48)24-53-25(2)34(40)44-38(50)54-39(3,4)5)45-37-33(43-29)32(46-49(37)30-11-9-10-22-52-30)28-16-19-42-36(31(28)41)47(6)23-26-12-14-27(51-7)15-13-26/h8,12-16,19,25,30,34H,1,9-11,17-18,20-24H2,2-7H3,(H,44,50)/t25-,30?,34+/m0/s1. The molecule has 0 radical (unpaired) electrons. The molecular formula is C40H51ClN8O5. The number of ether oxygens (including phenoxy) is 4. The molecule has 1 amide bonds. The number of hydrogen-bond donors (Lipinski definition) is 1. The van der Waals surface area contributed by atoms with Crippen LogP contribution in [0.15, 0.2) is 43.1 Å². The van der Waals surface area contributed by atoms with Gasteiger partial charge in [0.05, 0.1) is 30.9 Å². The van der Waals surface area contributed by atoms with E-state index >= 15 is 0 Å². The number of alkyl carbamates (subject to hydrolysis) is 1. The Kier molecular flexibility index (Phi) is 10.8. The number of nitrogens with one attached hydrogen (secondary N) is 1. The van der Waals surface area contributed by atoms with Gasteiger partial charge in [0.15, 0.2) is 17.7 Å².